The van der Waals surface area contributed by atoms with E-state index in [9.17, 15) is 13.2 Å². The Morgan fingerprint density at radius 3 is 2.78 bits per heavy atom. The summed E-state index contributed by atoms with van der Waals surface area (Å²) in [6.07, 6.45) is 1.21. The van der Waals surface area contributed by atoms with Crippen LogP contribution in [-0.4, -0.2) is 38.3 Å². The second kappa shape index (κ2) is 6.69. The molecule has 1 aromatic rings. The lowest BCUT2D eigenvalue weighted by atomic mass is 10.1. The average Bonchev–Trinajstić information content (AvgIpc) is 2.86. The minimum Gasteiger partial charge on any atom is -0.309 e. The fourth-order valence-electron chi connectivity index (χ4n) is 2.83. The molecule has 1 aliphatic rings. The molecule has 6 nitrogen and oxygen atoms in total. The van der Waals surface area contributed by atoms with Crippen LogP contribution < -0.4 is 4.90 Å². The molecular formula is C16H21N3O3S. The largest absolute Gasteiger partial charge is 0.309 e. The van der Waals surface area contributed by atoms with Crippen LogP contribution in [0.4, 0.5) is 5.69 Å². The molecule has 7 heteroatoms. The van der Waals surface area contributed by atoms with Crippen molar-refractivity contribution >= 4 is 21.6 Å². The first-order valence-corrected chi connectivity index (χ1v) is 9.05. The number of hydrogen-bond acceptors (Lipinski definition) is 4. The van der Waals surface area contributed by atoms with E-state index >= 15 is 0 Å². The topological polar surface area (TPSA) is 81.5 Å². The molecule has 0 spiro atoms. The normalized spacial score (nSPS) is 17.2. The monoisotopic (exact) mass is 335 g/mol. The highest BCUT2D eigenvalue weighted by Crippen LogP contribution is 2.34. The molecule has 2 rings (SSSR count). The number of anilines is 1. The number of sulfonamides is 1. The van der Waals surface area contributed by atoms with Crippen LogP contribution in [0.25, 0.3) is 0 Å². The third kappa shape index (κ3) is 3.23. The van der Waals surface area contributed by atoms with Crippen molar-refractivity contribution in [3.63, 3.8) is 0 Å². The summed E-state index contributed by atoms with van der Waals surface area (Å²) in [6, 6.07) is 6.86. The molecule has 1 atom stereocenters. The Labute approximate surface area is 137 Å². The molecule has 0 N–H and O–H groups in total. The third-order valence-electron chi connectivity index (χ3n) is 4.08. The first-order valence-electron chi connectivity index (χ1n) is 7.61. The first kappa shape index (κ1) is 17.4. The highest BCUT2D eigenvalue weighted by atomic mass is 32.2. The first-order chi connectivity index (χ1) is 10.8. The van der Waals surface area contributed by atoms with Crippen molar-refractivity contribution in [1.29, 1.82) is 5.26 Å². The van der Waals surface area contributed by atoms with Crippen LogP contribution in [0.3, 0.4) is 0 Å². The zero-order valence-corrected chi connectivity index (χ0v) is 14.4. The fraction of sp³-hybridized carbons (Fsp3) is 0.500. The minimum atomic E-state index is -3.61. The van der Waals surface area contributed by atoms with Gasteiger partial charge in [-0.25, -0.2) is 8.42 Å². The van der Waals surface area contributed by atoms with E-state index in [1.54, 1.807) is 17.0 Å². The van der Waals surface area contributed by atoms with Crippen molar-refractivity contribution < 1.29 is 13.2 Å². The van der Waals surface area contributed by atoms with E-state index in [4.69, 9.17) is 5.26 Å². The molecule has 0 saturated heterocycles. The lowest BCUT2D eigenvalue weighted by molar-refractivity contribution is -0.118. The van der Waals surface area contributed by atoms with Gasteiger partial charge in [0.15, 0.2) is 0 Å². The van der Waals surface area contributed by atoms with E-state index in [-0.39, 0.29) is 29.8 Å². The number of nitriles is 1. The summed E-state index contributed by atoms with van der Waals surface area (Å²) in [7, 11) is -2.15. The lowest BCUT2D eigenvalue weighted by Gasteiger charge is -2.22. The summed E-state index contributed by atoms with van der Waals surface area (Å²) in [5.41, 5.74) is 1.66. The zero-order chi connectivity index (χ0) is 17.2. The Morgan fingerprint density at radius 2 is 2.17 bits per heavy atom. The van der Waals surface area contributed by atoms with Crippen LogP contribution in [0.15, 0.2) is 23.1 Å². The van der Waals surface area contributed by atoms with E-state index in [2.05, 4.69) is 0 Å². The number of carbonyl (C=O) groups is 1. The van der Waals surface area contributed by atoms with Crippen LogP contribution in [0, 0.1) is 11.3 Å². The number of fused-ring (bicyclic) bond motifs is 1. The van der Waals surface area contributed by atoms with Crippen molar-refractivity contribution in [3.8, 4) is 6.07 Å². The number of nitrogens with zero attached hydrogens (tertiary/aromatic N) is 3. The molecule has 0 fully saturated rings. The fourth-order valence-corrected chi connectivity index (χ4v) is 4.05. The highest BCUT2D eigenvalue weighted by Gasteiger charge is 2.31. The van der Waals surface area contributed by atoms with Crippen LogP contribution in [-0.2, 0) is 21.2 Å². The van der Waals surface area contributed by atoms with Crippen molar-refractivity contribution in [1.82, 2.24) is 4.31 Å². The zero-order valence-electron chi connectivity index (χ0n) is 13.6. The predicted octanol–water partition coefficient (Wildman–Crippen LogP) is 1.91. The molecule has 0 bridgehead atoms. The molecule has 0 aromatic heterocycles. The number of benzene rings is 1. The van der Waals surface area contributed by atoms with Crippen molar-refractivity contribution in [2.24, 2.45) is 0 Å². The second-order valence-corrected chi connectivity index (χ2v) is 7.74. The lowest BCUT2D eigenvalue weighted by Crippen LogP contribution is -2.35. The Morgan fingerprint density at radius 1 is 1.48 bits per heavy atom. The van der Waals surface area contributed by atoms with Gasteiger partial charge in [0.1, 0.15) is 0 Å². The molecule has 23 heavy (non-hydrogen) atoms. The minimum absolute atomic E-state index is 0.0340. The van der Waals surface area contributed by atoms with Gasteiger partial charge in [-0.3, -0.25) is 4.79 Å². The van der Waals surface area contributed by atoms with Gasteiger partial charge in [0.2, 0.25) is 15.9 Å². The Balaban J connectivity index is 2.35. The van der Waals surface area contributed by atoms with Gasteiger partial charge in [-0.05, 0) is 37.1 Å². The Kier molecular flexibility index (Phi) is 5.07. The number of amides is 1. The summed E-state index contributed by atoms with van der Waals surface area (Å²) in [6.45, 7) is 3.93. The maximum absolute atomic E-state index is 12.5. The standard InChI is InChI=1S/C16H21N3O3S/c1-4-16(20)19-12(2)10-13-11-14(6-7-15(13)19)23(21,22)18(3)9-5-8-17/h6-7,11-12H,4-5,9-10H2,1-3H3/t12-/m1/s1. The molecule has 0 saturated carbocycles. The summed E-state index contributed by atoms with van der Waals surface area (Å²) < 4.78 is 26.2. The van der Waals surface area contributed by atoms with Crippen LogP contribution >= 0.6 is 0 Å². The van der Waals surface area contributed by atoms with Crippen molar-refractivity contribution in [3.05, 3.63) is 23.8 Å². The molecule has 124 valence electrons. The van der Waals surface area contributed by atoms with Crippen LogP contribution in [0.5, 0.6) is 0 Å². The van der Waals surface area contributed by atoms with Crippen LogP contribution in [0.1, 0.15) is 32.3 Å². The molecular weight excluding hydrogens is 314 g/mol. The maximum Gasteiger partial charge on any atom is 0.242 e. The summed E-state index contributed by atoms with van der Waals surface area (Å²) in [5, 5.41) is 8.60. The molecule has 1 aromatic carbocycles. The van der Waals surface area contributed by atoms with E-state index in [1.165, 1.54) is 17.4 Å². The molecule has 0 unspecified atom stereocenters. The highest BCUT2D eigenvalue weighted by molar-refractivity contribution is 7.89. The SMILES string of the molecule is CCC(=O)N1c2ccc(S(=O)(=O)N(C)CCC#N)cc2C[C@H]1C. The van der Waals surface area contributed by atoms with Gasteiger partial charge in [0.05, 0.1) is 11.0 Å². The molecule has 0 radical (unpaired) electrons. The van der Waals surface area contributed by atoms with E-state index in [0.29, 0.717) is 12.8 Å². The van der Waals surface area contributed by atoms with Gasteiger partial charge in [0.25, 0.3) is 0 Å². The molecule has 1 amide bonds. The number of hydrogen-bond donors (Lipinski definition) is 0. The number of carbonyl (C=O) groups excluding carboxylic acids is 1. The summed E-state index contributed by atoms with van der Waals surface area (Å²) in [4.78, 5) is 14.0. The Bertz CT molecular complexity index is 752. The number of rotatable bonds is 5. The van der Waals surface area contributed by atoms with Gasteiger partial charge in [-0.15, -0.1) is 0 Å². The summed E-state index contributed by atoms with van der Waals surface area (Å²) in [5.74, 6) is 0.0398. The second-order valence-electron chi connectivity index (χ2n) is 5.70. The van der Waals surface area contributed by atoms with Crippen molar-refractivity contribution in [2.45, 2.75) is 44.0 Å². The van der Waals surface area contributed by atoms with Crippen LogP contribution in [0.2, 0.25) is 0 Å². The quantitative estimate of drug-likeness (QED) is 0.823. The van der Waals surface area contributed by atoms with Gasteiger partial charge in [-0.1, -0.05) is 6.92 Å². The van der Waals surface area contributed by atoms with Gasteiger partial charge in [-0.2, -0.15) is 9.57 Å². The van der Waals surface area contributed by atoms with Gasteiger partial charge < -0.3 is 4.90 Å². The summed E-state index contributed by atoms with van der Waals surface area (Å²) >= 11 is 0. The van der Waals surface area contributed by atoms with E-state index in [1.807, 2.05) is 19.9 Å². The third-order valence-corrected chi connectivity index (χ3v) is 5.94. The van der Waals surface area contributed by atoms with Gasteiger partial charge >= 0.3 is 0 Å². The Hall–Kier alpha value is -1.91. The molecule has 0 aliphatic carbocycles. The average molecular weight is 335 g/mol. The van der Waals surface area contributed by atoms with Gasteiger partial charge in [0, 0.05) is 38.2 Å². The molecule has 1 aliphatic heterocycles. The maximum atomic E-state index is 12.5. The van der Waals surface area contributed by atoms with E-state index in [0.717, 1.165) is 11.3 Å². The van der Waals surface area contributed by atoms with Crippen molar-refractivity contribution in [2.75, 3.05) is 18.5 Å². The smallest absolute Gasteiger partial charge is 0.242 e. The predicted molar refractivity (Wildman–Crippen MR) is 87.4 cm³/mol. The van der Waals surface area contributed by atoms with E-state index < -0.39 is 10.0 Å². The molecule has 1 heterocycles.